The van der Waals surface area contributed by atoms with Gasteiger partial charge in [0.05, 0.1) is 10.7 Å². The molecule has 0 fully saturated rings. The number of anilines is 1. The van der Waals surface area contributed by atoms with Gasteiger partial charge in [0.2, 0.25) is 0 Å². The van der Waals surface area contributed by atoms with Crippen LogP contribution < -0.4 is 10.1 Å². The number of benzene rings is 2. The quantitative estimate of drug-likeness (QED) is 0.889. The van der Waals surface area contributed by atoms with E-state index in [0.29, 0.717) is 10.7 Å². The molecule has 0 radical (unpaired) electrons. The van der Waals surface area contributed by atoms with E-state index in [2.05, 4.69) is 11.4 Å². The lowest BCUT2D eigenvalue weighted by Gasteiger charge is -2.18. The first-order chi connectivity index (χ1) is 10.4. The zero-order valence-corrected chi connectivity index (χ0v) is 14.0. The monoisotopic (exact) mass is 317 g/mol. The molecule has 0 aliphatic rings. The van der Waals surface area contributed by atoms with Crippen LogP contribution in [-0.2, 0) is 4.79 Å². The number of carbonyl (C=O) groups excluding carboxylic acids is 1. The molecular weight excluding hydrogens is 298 g/mol. The van der Waals surface area contributed by atoms with Crippen molar-refractivity contribution in [2.45, 2.75) is 33.8 Å². The second-order valence-electron chi connectivity index (χ2n) is 5.43. The number of hydrogen-bond acceptors (Lipinski definition) is 2. The van der Waals surface area contributed by atoms with Crippen LogP contribution in [0.2, 0.25) is 5.02 Å². The van der Waals surface area contributed by atoms with Crippen molar-refractivity contribution >= 4 is 23.2 Å². The summed E-state index contributed by atoms with van der Waals surface area (Å²) in [6, 6.07) is 11.2. The lowest BCUT2D eigenvalue weighted by molar-refractivity contribution is -0.122. The van der Waals surface area contributed by atoms with Gasteiger partial charge in [-0.2, -0.15) is 0 Å². The van der Waals surface area contributed by atoms with Gasteiger partial charge < -0.3 is 10.1 Å². The average Bonchev–Trinajstić information content (AvgIpc) is 2.46. The Bertz CT molecular complexity index is 697. The van der Waals surface area contributed by atoms with Crippen molar-refractivity contribution in [3.63, 3.8) is 0 Å². The Morgan fingerprint density at radius 1 is 1.18 bits per heavy atom. The molecule has 2 rings (SSSR count). The molecule has 22 heavy (non-hydrogen) atoms. The zero-order valence-electron chi connectivity index (χ0n) is 13.2. The van der Waals surface area contributed by atoms with Gasteiger partial charge in [-0.15, -0.1) is 0 Å². The molecule has 2 aromatic carbocycles. The molecule has 0 saturated carbocycles. The molecule has 2 aromatic rings. The van der Waals surface area contributed by atoms with Gasteiger partial charge in [-0.1, -0.05) is 29.8 Å². The van der Waals surface area contributed by atoms with Crippen LogP contribution in [0.4, 0.5) is 5.69 Å². The molecule has 1 atom stereocenters. The van der Waals surface area contributed by atoms with Gasteiger partial charge in [0.15, 0.2) is 6.10 Å². The summed E-state index contributed by atoms with van der Waals surface area (Å²) in [4.78, 5) is 12.3. The number of carbonyl (C=O) groups is 1. The molecule has 0 spiro atoms. The summed E-state index contributed by atoms with van der Waals surface area (Å²) in [7, 11) is 0. The Morgan fingerprint density at radius 2 is 1.86 bits per heavy atom. The molecule has 1 N–H and O–H groups in total. The lowest BCUT2D eigenvalue weighted by atomic mass is 10.1. The predicted octanol–water partition coefficient (Wildman–Crippen LogP) is 4.67. The number of hydrogen-bond donors (Lipinski definition) is 1. The van der Waals surface area contributed by atoms with Crippen molar-refractivity contribution in [2.75, 3.05) is 5.32 Å². The summed E-state index contributed by atoms with van der Waals surface area (Å²) in [5.74, 6) is 0.506. The maximum atomic E-state index is 12.3. The van der Waals surface area contributed by atoms with E-state index in [9.17, 15) is 4.79 Å². The molecule has 0 aliphatic heterocycles. The Kier molecular flexibility index (Phi) is 5.09. The number of aryl methyl sites for hydroxylation is 2. The molecule has 116 valence electrons. The zero-order chi connectivity index (χ0) is 16.3. The molecule has 0 aliphatic carbocycles. The van der Waals surface area contributed by atoms with Crippen LogP contribution in [0.5, 0.6) is 5.75 Å². The van der Waals surface area contributed by atoms with Crippen LogP contribution in [0, 0.1) is 20.8 Å². The summed E-state index contributed by atoms with van der Waals surface area (Å²) < 4.78 is 5.83. The number of rotatable bonds is 4. The lowest BCUT2D eigenvalue weighted by Crippen LogP contribution is -2.30. The average molecular weight is 318 g/mol. The highest BCUT2D eigenvalue weighted by atomic mass is 35.5. The van der Waals surface area contributed by atoms with Crippen LogP contribution in [0.3, 0.4) is 0 Å². The van der Waals surface area contributed by atoms with Crippen molar-refractivity contribution in [1.29, 1.82) is 0 Å². The fraction of sp³-hybridized carbons (Fsp3) is 0.278. The Morgan fingerprint density at radius 3 is 2.55 bits per heavy atom. The normalized spacial score (nSPS) is 11.9. The van der Waals surface area contributed by atoms with Crippen LogP contribution >= 0.6 is 11.6 Å². The largest absolute Gasteiger partial charge is 0.481 e. The molecule has 0 heterocycles. The fourth-order valence-corrected chi connectivity index (χ4v) is 2.35. The van der Waals surface area contributed by atoms with Gasteiger partial charge >= 0.3 is 0 Å². The highest BCUT2D eigenvalue weighted by Crippen LogP contribution is 2.25. The summed E-state index contributed by atoms with van der Waals surface area (Å²) >= 11 is 6.04. The van der Waals surface area contributed by atoms with Crippen molar-refractivity contribution < 1.29 is 9.53 Å². The van der Waals surface area contributed by atoms with E-state index in [1.165, 1.54) is 0 Å². The maximum Gasteiger partial charge on any atom is 0.265 e. The Hall–Kier alpha value is -2.00. The van der Waals surface area contributed by atoms with Crippen molar-refractivity contribution in [3.05, 3.63) is 58.1 Å². The first kappa shape index (κ1) is 16.4. The van der Waals surface area contributed by atoms with Crippen LogP contribution in [-0.4, -0.2) is 12.0 Å². The molecule has 0 aromatic heterocycles. The molecule has 3 nitrogen and oxygen atoms in total. The highest BCUT2D eigenvalue weighted by molar-refractivity contribution is 6.33. The van der Waals surface area contributed by atoms with Gasteiger partial charge in [-0.25, -0.2) is 0 Å². The summed E-state index contributed by atoms with van der Waals surface area (Å²) in [5.41, 5.74) is 3.88. The van der Waals surface area contributed by atoms with Gasteiger partial charge in [0, 0.05) is 0 Å². The standard InChI is InChI=1S/C18H20ClNO2/c1-11-9-12(2)13(3)17(10-11)22-14(4)18(21)20-16-8-6-5-7-15(16)19/h5-10,14H,1-4H3,(H,20,21)/t14-/m0/s1. The van der Waals surface area contributed by atoms with Crippen molar-refractivity contribution in [2.24, 2.45) is 0 Å². The van der Waals surface area contributed by atoms with E-state index in [1.807, 2.05) is 39.0 Å². The molecule has 1 amide bonds. The van der Waals surface area contributed by atoms with Crippen LogP contribution in [0.1, 0.15) is 23.6 Å². The highest BCUT2D eigenvalue weighted by Gasteiger charge is 2.17. The molecule has 0 bridgehead atoms. The summed E-state index contributed by atoms with van der Waals surface area (Å²) in [6.07, 6.45) is -0.615. The first-order valence-corrected chi connectivity index (χ1v) is 7.56. The van der Waals surface area contributed by atoms with Crippen LogP contribution in [0.25, 0.3) is 0 Å². The third kappa shape index (κ3) is 3.80. The maximum absolute atomic E-state index is 12.3. The van der Waals surface area contributed by atoms with E-state index in [1.54, 1.807) is 19.1 Å². The van der Waals surface area contributed by atoms with E-state index >= 15 is 0 Å². The minimum Gasteiger partial charge on any atom is -0.481 e. The van der Waals surface area contributed by atoms with Gasteiger partial charge in [-0.3, -0.25) is 4.79 Å². The minimum absolute atomic E-state index is 0.230. The summed E-state index contributed by atoms with van der Waals surface area (Å²) in [5, 5.41) is 3.29. The van der Waals surface area contributed by atoms with Gasteiger partial charge in [0.1, 0.15) is 5.75 Å². The number of amides is 1. The second-order valence-corrected chi connectivity index (χ2v) is 5.84. The van der Waals surface area contributed by atoms with Crippen LogP contribution in [0.15, 0.2) is 36.4 Å². The molecular formula is C18H20ClNO2. The first-order valence-electron chi connectivity index (χ1n) is 7.18. The topological polar surface area (TPSA) is 38.3 Å². The van der Waals surface area contributed by atoms with Gasteiger partial charge in [-0.05, 0) is 62.6 Å². The number of ether oxygens (including phenoxy) is 1. The van der Waals surface area contributed by atoms with Crippen molar-refractivity contribution in [1.82, 2.24) is 0 Å². The molecule has 0 saturated heterocycles. The SMILES string of the molecule is Cc1cc(C)c(C)c(O[C@@H](C)C(=O)Nc2ccccc2Cl)c1. The van der Waals surface area contributed by atoms with E-state index in [-0.39, 0.29) is 5.91 Å². The third-order valence-electron chi connectivity index (χ3n) is 3.57. The van der Waals surface area contributed by atoms with E-state index in [4.69, 9.17) is 16.3 Å². The smallest absolute Gasteiger partial charge is 0.265 e. The van der Waals surface area contributed by atoms with Gasteiger partial charge in [0.25, 0.3) is 5.91 Å². The number of nitrogens with one attached hydrogen (secondary N) is 1. The molecule has 0 unspecified atom stereocenters. The Balaban J connectivity index is 2.11. The van der Waals surface area contributed by atoms with Crippen molar-refractivity contribution in [3.8, 4) is 5.75 Å². The van der Waals surface area contributed by atoms with E-state index in [0.717, 1.165) is 22.4 Å². The molecule has 4 heteroatoms. The fourth-order valence-electron chi connectivity index (χ4n) is 2.16. The third-order valence-corrected chi connectivity index (χ3v) is 3.90. The Labute approximate surface area is 136 Å². The summed E-state index contributed by atoms with van der Waals surface area (Å²) in [6.45, 7) is 7.75. The number of para-hydroxylation sites is 1. The minimum atomic E-state index is -0.615. The predicted molar refractivity (Wildman–Crippen MR) is 90.8 cm³/mol. The van der Waals surface area contributed by atoms with E-state index < -0.39 is 6.10 Å². The second kappa shape index (κ2) is 6.84. The number of halogens is 1.